The van der Waals surface area contributed by atoms with Crippen molar-refractivity contribution in [1.82, 2.24) is 14.5 Å². The number of anilines is 1. The summed E-state index contributed by atoms with van der Waals surface area (Å²) in [4.78, 5) is 36.4. The lowest BCUT2D eigenvalue weighted by Crippen LogP contribution is -2.24. The Kier molecular flexibility index (Phi) is 5.34. The summed E-state index contributed by atoms with van der Waals surface area (Å²) in [6, 6.07) is 0. The van der Waals surface area contributed by atoms with E-state index < -0.39 is 0 Å². The summed E-state index contributed by atoms with van der Waals surface area (Å²) in [6.45, 7) is 4.37. The summed E-state index contributed by atoms with van der Waals surface area (Å²) in [6.07, 6.45) is 4.33. The zero-order valence-corrected chi connectivity index (χ0v) is 17.7. The van der Waals surface area contributed by atoms with Gasteiger partial charge in [0.15, 0.2) is 10.3 Å². The van der Waals surface area contributed by atoms with Gasteiger partial charge >= 0.3 is 0 Å². The fraction of sp³-hybridized carbons (Fsp3) is 0.444. The number of carbonyl (C=O) groups is 1. The van der Waals surface area contributed by atoms with Gasteiger partial charge in [-0.2, -0.15) is 0 Å². The highest BCUT2D eigenvalue weighted by Crippen LogP contribution is 2.34. The van der Waals surface area contributed by atoms with Gasteiger partial charge in [0.05, 0.1) is 16.8 Å². The summed E-state index contributed by atoms with van der Waals surface area (Å²) in [7, 11) is 0. The Labute approximate surface area is 169 Å². The van der Waals surface area contributed by atoms with Crippen molar-refractivity contribution in [2.75, 3.05) is 11.1 Å². The molecule has 9 heteroatoms. The third-order valence-corrected chi connectivity index (χ3v) is 7.59. The van der Waals surface area contributed by atoms with E-state index in [1.807, 2.05) is 19.2 Å². The highest BCUT2D eigenvalue weighted by Gasteiger charge is 2.22. The van der Waals surface area contributed by atoms with Gasteiger partial charge in [0.2, 0.25) is 5.91 Å². The minimum Gasteiger partial charge on any atom is -0.301 e. The van der Waals surface area contributed by atoms with Gasteiger partial charge in [-0.15, -0.1) is 22.7 Å². The maximum atomic E-state index is 13.1. The molecular formula is C18H20N4O2S3. The summed E-state index contributed by atoms with van der Waals surface area (Å²) in [5, 5.41) is 6.69. The molecule has 1 amide bonds. The first-order valence-electron chi connectivity index (χ1n) is 8.96. The van der Waals surface area contributed by atoms with Crippen molar-refractivity contribution >= 4 is 55.7 Å². The first kappa shape index (κ1) is 18.6. The molecule has 3 aromatic rings. The Bertz CT molecular complexity index is 1070. The Morgan fingerprint density at radius 3 is 2.89 bits per heavy atom. The highest BCUT2D eigenvalue weighted by atomic mass is 32.2. The molecule has 0 aromatic carbocycles. The van der Waals surface area contributed by atoms with Crippen LogP contribution in [0.2, 0.25) is 0 Å². The molecule has 0 saturated heterocycles. The normalized spacial score (nSPS) is 13.7. The van der Waals surface area contributed by atoms with Crippen molar-refractivity contribution in [3.63, 3.8) is 0 Å². The number of hydrogen-bond donors (Lipinski definition) is 1. The van der Waals surface area contributed by atoms with Crippen LogP contribution in [0, 0.1) is 6.92 Å². The van der Waals surface area contributed by atoms with Crippen molar-refractivity contribution in [3.8, 4) is 0 Å². The number of hydrogen-bond acceptors (Lipinski definition) is 7. The average molecular weight is 421 g/mol. The van der Waals surface area contributed by atoms with E-state index in [4.69, 9.17) is 4.98 Å². The molecule has 0 radical (unpaired) electrons. The molecule has 3 aromatic heterocycles. The number of fused-ring (bicyclic) bond motifs is 3. The van der Waals surface area contributed by atoms with Crippen molar-refractivity contribution in [3.05, 3.63) is 31.9 Å². The van der Waals surface area contributed by atoms with E-state index in [0.29, 0.717) is 16.8 Å². The number of rotatable bonds is 5. The molecule has 1 aliphatic rings. The zero-order chi connectivity index (χ0) is 19.0. The molecule has 0 bridgehead atoms. The Hall–Kier alpha value is -1.71. The molecule has 27 heavy (non-hydrogen) atoms. The van der Waals surface area contributed by atoms with E-state index in [2.05, 4.69) is 10.3 Å². The predicted octanol–water partition coefficient (Wildman–Crippen LogP) is 3.85. The Morgan fingerprint density at radius 2 is 2.15 bits per heavy atom. The molecule has 0 atom stereocenters. The van der Waals surface area contributed by atoms with Crippen molar-refractivity contribution < 1.29 is 4.79 Å². The average Bonchev–Trinajstić information content (AvgIpc) is 3.22. The molecule has 0 saturated carbocycles. The SMILES string of the molecule is CCn1c(SCC(=O)Nc2nc(C)cs2)nc2sc3c(c2c1=O)CCCC3. The summed E-state index contributed by atoms with van der Waals surface area (Å²) in [5.74, 6) is 0.0543. The van der Waals surface area contributed by atoms with Gasteiger partial charge in [-0.1, -0.05) is 11.8 Å². The van der Waals surface area contributed by atoms with E-state index in [0.717, 1.165) is 35.2 Å². The van der Waals surface area contributed by atoms with Crippen molar-refractivity contribution in [2.24, 2.45) is 0 Å². The van der Waals surface area contributed by atoms with Crippen LogP contribution in [-0.2, 0) is 24.2 Å². The number of thiazole rings is 1. The fourth-order valence-corrected chi connectivity index (χ4v) is 6.18. The van der Waals surface area contributed by atoms with Crippen LogP contribution in [0.5, 0.6) is 0 Å². The van der Waals surface area contributed by atoms with E-state index >= 15 is 0 Å². The number of thiophene rings is 1. The number of nitrogens with zero attached hydrogens (tertiary/aromatic N) is 3. The number of aromatic nitrogens is 3. The molecule has 1 aliphatic carbocycles. The monoisotopic (exact) mass is 420 g/mol. The van der Waals surface area contributed by atoms with Crippen LogP contribution >= 0.6 is 34.4 Å². The third-order valence-electron chi connectivity index (χ3n) is 4.55. The minimum absolute atomic E-state index is 0.0281. The van der Waals surface area contributed by atoms with Crippen LogP contribution in [0.4, 0.5) is 5.13 Å². The minimum atomic E-state index is -0.142. The summed E-state index contributed by atoms with van der Waals surface area (Å²) in [5.41, 5.74) is 2.12. The second kappa shape index (κ2) is 7.73. The number of amides is 1. The smallest absolute Gasteiger partial charge is 0.263 e. The number of aryl methyl sites for hydroxylation is 3. The van der Waals surface area contributed by atoms with E-state index in [-0.39, 0.29) is 17.2 Å². The second-order valence-electron chi connectivity index (χ2n) is 6.47. The Balaban J connectivity index is 1.59. The topological polar surface area (TPSA) is 76.9 Å². The highest BCUT2D eigenvalue weighted by molar-refractivity contribution is 7.99. The molecule has 4 rings (SSSR count). The van der Waals surface area contributed by atoms with Gasteiger partial charge in [0.1, 0.15) is 4.83 Å². The van der Waals surface area contributed by atoms with Crippen molar-refractivity contribution in [2.45, 2.75) is 51.2 Å². The number of nitrogens with one attached hydrogen (secondary N) is 1. The van der Waals surface area contributed by atoms with Crippen LogP contribution in [0.25, 0.3) is 10.2 Å². The lowest BCUT2D eigenvalue weighted by molar-refractivity contribution is -0.113. The molecule has 0 aliphatic heterocycles. The van der Waals surface area contributed by atoms with Crippen LogP contribution in [-0.4, -0.2) is 26.2 Å². The summed E-state index contributed by atoms with van der Waals surface area (Å²) < 4.78 is 1.69. The fourth-order valence-electron chi connectivity index (χ4n) is 3.31. The van der Waals surface area contributed by atoms with Gasteiger partial charge in [0, 0.05) is 16.8 Å². The number of carbonyl (C=O) groups excluding carboxylic acids is 1. The van der Waals surface area contributed by atoms with E-state index in [1.165, 1.54) is 40.0 Å². The van der Waals surface area contributed by atoms with Crippen LogP contribution in [0.15, 0.2) is 15.3 Å². The third kappa shape index (κ3) is 3.68. The van der Waals surface area contributed by atoms with Crippen molar-refractivity contribution in [1.29, 1.82) is 0 Å². The summed E-state index contributed by atoms with van der Waals surface area (Å²) >= 11 is 4.35. The lowest BCUT2D eigenvalue weighted by atomic mass is 9.97. The lowest BCUT2D eigenvalue weighted by Gasteiger charge is -2.12. The largest absolute Gasteiger partial charge is 0.301 e. The van der Waals surface area contributed by atoms with Gasteiger partial charge in [-0.3, -0.25) is 14.2 Å². The van der Waals surface area contributed by atoms with Gasteiger partial charge in [-0.25, -0.2) is 9.97 Å². The molecule has 142 valence electrons. The predicted molar refractivity (Wildman–Crippen MR) is 112 cm³/mol. The van der Waals surface area contributed by atoms with Gasteiger partial charge < -0.3 is 5.32 Å². The standard InChI is InChI=1S/C18H20N4O2S3/c1-3-22-16(24)14-11-6-4-5-7-12(11)27-15(14)21-18(22)26-9-13(23)20-17-19-10(2)8-25-17/h8H,3-7,9H2,1-2H3,(H,19,20,23). The first-order chi connectivity index (χ1) is 13.1. The molecule has 3 heterocycles. The molecule has 6 nitrogen and oxygen atoms in total. The maximum absolute atomic E-state index is 13.1. The van der Waals surface area contributed by atoms with E-state index in [1.54, 1.807) is 15.9 Å². The molecule has 0 unspecified atom stereocenters. The molecular weight excluding hydrogens is 400 g/mol. The van der Waals surface area contributed by atoms with Gasteiger partial charge in [0.25, 0.3) is 5.56 Å². The maximum Gasteiger partial charge on any atom is 0.263 e. The number of thioether (sulfide) groups is 1. The van der Waals surface area contributed by atoms with Crippen LogP contribution < -0.4 is 10.9 Å². The van der Waals surface area contributed by atoms with E-state index in [9.17, 15) is 9.59 Å². The molecule has 0 fully saturated rings. The second-order valence-corrected chi connectivity index (χ2v) is 9.35. The van der Waals surface area contributed by atoms with Gasteiger partial charge in [-0.05, 0) is 45.1 Å². The quantitative estimate of drug-likeness (QED) is 0.501. The Morgan fingerprint density at radius 1 is 1.33 bits per heavy atom. The molecule has 1 N–H and O–H groups in total. The molecule has 0 spiro atoms. The first-order valence-corrected chi connectivity index (χ1v) is 11.6. The van der Waals surface area contributed by atoms with Crippen LogP contribution in [0.3, 0.4) is 0 Å². The zero-order valence-electron chi connectivity index (χ0n) is 15.2. The van der Waals surface area contributed by atoms with Crippen LogP contribution in [0.1, 0.15) is 35.9 Å².